The third kappa shape index (κ3) is 3.27. The van der Waals surface area contributed by atoms with Gasteiger partial charge in [-0.2, -0.15) is 0 Å². The first-order valence-corrected chi connectivity index (χ1v) is 5.88. The van der Waals surface area contributed by atoms with E-state index < -0.39 is 0 Å². The van der Waals surface area contributed by atoms with Crippen LogP contribution in [0, 0.1) is 6.92 Å². The number of hydrogen-bond acceptors (Lipinski definition) is 3. The molecule has 0 saturated heterocycles. The maximum absolute atomic E-state index is 11.4. The Balaban J connectivity index is 3.03. The van der Waals surface area contributed by atoms with E-state index in [1.807, 2.05) is 24.8 Å². The van der Waals surface area contributed by atoms with Crippen molar-refractivity contribution in [3.8, 4) is 0 Å². The first kappa shape index (κ1) is 13.6. The summed E-state index contributed by atoms with van der Waals surface area (Å²) in [5.41, 5.74) is 8.24. The van der Waals surface area contributed by atoms with Crippen LogP contribution in [-0.4, -0.2) is 26.0 Å². The number of nitrogen functional groups attached to an aromatic ring is 1. The number of benzene rings is 1. The summed E-state index contributed by atoms with van der Waals surface area (Å²) in [5, 5.41) is 3.12. The van der Waals surface area contributed by atoms with Crippen molar-refractivity contribution in [2.75, 3.05) is 30.8 Å². The maximum Gasteiger partial charge on any atom is 0.239 e. The highest BCUT2D eigenvalue weighted by Gasteiger charge is 2.12. The third-order valence-corrected chi connectivity index (χ3v) is 2.98. The minimum Gasteiger partial charge on any atom is -0.398 e. The number of nitrogens with zero attached hydrogens (tertiary/aromatic N) is 1. The van der Waals surface area contributed by atoms with Crippen LogP contribution in [-0.2, 0) is 4.79 Å². The Kier molecular flexibility index (Phi) is 4.63. The van der Waals surface area contributed by atoms with Crippen LogP contribution in [0.25, 0.3) is 0 Å². The van der Waals surface area contributed by atoms with Gasteiger partial charge in [0.25, 0.3) is 0 Å². The highest BCUT2D eigenvalue weighted by Crippen LogP contribution is 2.29. The average Bonchev–Trinajstić information content (AvgIpc) is 2.30. The highest BCUT2D eigenvalue weighted by molar-refractivity contribution is 6.33. The van der Waals surface area contributed by atoms with Crippen LogP contribution in [0.2, 0.25) is 5.02 Å². The number of anilines is 2. The fraction of sp³-hybridized carbons (Fsp3) is 0.417. The lowest BCUT2D eigenvalue weighted by Crippen LogP contribution is -2.35. The molecule has 0 aliphatic rings. The normalized spacial score (nSPS) is 10.1. The standard InChI is InChI=1S/C12H18ClN3O/c1-4-16(7-12(17)15-3)11-6-9(13)10(14)5-8(11)2/h5-6H,4,7,14H2,1-3H3,(H,15,17). The van der Waals surface area contributed by atoms with E-state index in [-0.39, 0.29) is 5.91 Å². The first-order chi connectivity index (χ1) is 7.99. The molecule has 0 spiro atoms. The van der Waals surface area contributed by atoms with Crippen LogP contribution in [0.4, 0.5) is 11.4 Å². The van der Waals surface area contributed by atoms with E-state index in [4.69, 9.17) is 17.3 Å². The SMILES string of the molecule is CCN(CC(=O)NC)c1cc(Cl)c(N)cc1C. The van der Waals surface area contributed by atoms with E-state index >= 15 is 0 Å². The summed E-state index contributed by atoms with van der Waals surface area (Å²) in [4.78, 5) is 13.4. The van der Waals surface area contributed by atoms with Gasteiger partial charge in [-0.25, -0.2) is 0 Å². The lowest BCUT2D eigenvalue weighted by molar-refractivity contribution is -0.119. The zero-order valence-corrected chi connectivity index (χ0v) is 11.1. The molecule has 1 rings (SSSR count). The molecule has 0 saturated carbocycles. The molecule has 1 aromatic rings. The van der Waals surface area contributed by atoms with Crippen LogP contribution in [0.3, 0.4) is 0 Å². The van der Waals surface area contributed by atoms with E-state index in [9.17, 15) is 4.79 Å². The van der Waals surface area contributed by atoms with Crippen LogP contribution in [0.15, 0.2) is 12.1 Å². The molecule has 0 aliphatic carbocycles. The minimum atomic E-state index is -0.0285. The molecule has 17 heavy (non-hydrogen) atoms. The van der Waals surface area contributed by atoms with Crippen molar-refractivity contribution in [2.45, 2.75) is 13.8 Å². The molecule has 0 aromatic heterocycles. The molecule has 0 bridgehead atoms. The van der Waals surface area contributed by atoms with Gasteiger partial charge in [-0.05, 0) is 31.5 Å². The minimum absolute atomic E-state index is 0.0285. The van der Waals surface area contributed by atoms with E-state index in [0.717, 1.165) is 17.8 Å². The molecule has 3 N–H and O–H groups in total. The van der Waals surface area contributed by atoms with Crippen LogP contribution in [0.1, 0.15) is 12.5 Å². The zero-order valence-electron chi connectivity index (χ0n) is 10.4. The van der Waals surface area contributed by atoms with Crippen molar-refractivity contribution in [3.05, 3.63) is 22.7 Å². The van der Waals surface area contributed by atoms with Gasteiger partial charge in [0.15, 0.2) is 0 Å². The van der Waals surface area contributed by atoms with Gasteiger partial charge in [-0.1, -0.05) is 11.6 Å². The van der Waals surface area contributed by atoms with Gasteiger partial charge in [0, 0.05) is 19.3 Å². The summed E-state index contributed by atoms with van der Waals surface area (Å²) in [6.45, 7) is 4.99. The molecule has 4 nitrogen and oxygen atoms in total. The van der Waals surface area contributed by atoms with Gasteiger partial charge in [-0.3, -0.25) is 4.79 Å². The number of halogens is 1. The van der Waals surface area contributed by atoms with Gasteiger partial charge in [0.05, 0.1) is 17.3 Å². The number of nitrogens with one attached hydrogen (secondary N) is 1. The number of rotatable bonds is 4. The lowest BCUT2D eigenvalue weighted by Gasteiger charge is -2.24. The molecule has 0 fully saturated rings. The van der Waals surface area contributed by atoms with Gasteiger partial charge in [-0.15, -0.1) is 0 Å². The summed E-state index contributed by atoms with van der Waals surface area (Å²) >= 11 is 6.01. The van der Waals surface area contributed by atoms with E-state index in [0.29, 0.717) is 17.3 Å². The molecular weight excluding hydrogens is 238 g/mol. The van der Waals surface area contributed by atoms with Crippen molar-refractivity contribution in [1.29, 1.82) is 0 Å². The van der Waals surface area contributed by atoms with Crippen LogP contribution >= 0.6 is 11.6 Å². The fourth-order valence-corrected chi connectivity index (χ4v) is 1.81. The molecule has 1 amide bonds. The Morgan fingerprint density at radius 3 is 2.71 bits per heavy atom. The molecule has 0 atom stereocenters. The topological polar surface area (TPSA) is 58.4 Å². The van der Waals surface area contributed by atoms with E-state index in [1.54, 1.807) is 13.1 Å². The van der Waals surface area contributed by atoms with E-state index in [2.05, 4.69) is 5.32 Å². The number of nitrogens with two attached hydrogens (primary N) is 1. The predicted molar refractivity (Wildman–Crippen MR) is 72.6 cm³/mol. The zero-order chi connectivity index (χ0) is 13.0. The number of amides is 1. The quantitative estimate of drug-likeness (QED) is 0.807. The summed E-state index contributed by atoms with van der Waals surface area (Å²) in [7, 11) is 1.62. The first-order valence-electron chi connectivity index (χ1n) is 5.50. The summed E-state index contributed by atoms with van der Waals surface area (Å²) in [5.74, 6) is -0.0285. The molecule has 0 unspecified atom stereocenters. The second kappa shape index (κ2) is 5.77. The van der Waals surface area contributed by atoms with Crippen molar-refractivity contribution >= 4 is 28.9 Å². The van der Waals surface area contributed by atoms with Crippen molar-refractivity contribution in [2.24, 2.45) is 0 Å². The van der Waals surface area contributed by atoms with Crippen LogP contribution in [0.5, 0.6) is 0 Å². The number of aryl methyl sites for hydroxylation is 1. The fourth-order valence-electron chi connectivity index (χ4n) is 1.65. The predicted octanol–water partition coefficient (Wildman–Crippen LogP) is 1.80. The van der Waals surface area contributed by atoms with Gasteiger partial charge in [0.1, 0.15) is 0 Å². The number of carbonyl (C=O) groups excluding carboxylic acids is 1. The van der Waals surface area contributed by atoms with Gasteiger partial charge >= 0.3 is 0 Å². The largest absolute Gasteiger partial charge is 0.398 e. The van der Waals surface area contributed by atoms with E-state index in [1.165, 1.54) is 0 Å². The highest BCUT2D eigenvalue weighted by atomic mass is 35.5. The molecule has 94 valence electrons. The maximum atomic E-state index is 11.4. The average molecular weight is 256 g/mol. The molecule has 0 radical (unpaired) electrons. The van der Waals surface area contributed by atoms with Gasteiger partial charge < -0.3 is 16.0 Å². The summed E-state index contributed by atoms with van der Waals surface area (Å²) in [6, 6.07) is 3.63. The van der Waals surface area contributed by atoms with Crippen molar-refractivity contribution < 1.29 is 4.79 Å². The molecular formula is C12H18ClN3O. The summed E-state index contributed by atoms with van der Waals surface area (Å²) < 4.78 is 0. The Bertz CT molecular complexity index is 420. The number of carbonyl (C=O) groups is 1. The Labute approximate surface area is 107 Å². The molecule has 0 aliphatic heterocycles. The number of likely N-dealkylation sites (N-methyl/N-ethyl adjacent to an activating group) is 2. The molecule has 0 heterocycles. The molecule has 1 aromatic carbocycles. The second-order valence-corrected chi connectivity index (χ2v) is 4.25. The van der Waals surface area contributed by atoms with Crippen LogP contribution < -0.4 is 16.0 Å². The lowest BCUT2D eigenvalue weighted by atomic mass is 10.1. The summed E-state index contributed by atoms with van der Waals surface area (Å²) in [6.07, 6.45) is 0. The van der Waals surface area contributed by atoms with Crippen molar-refractivity contribution in [3.63, 3.8) is 0 Å². The second-order valence-electron chi connectivity index (χ2n) is 3.85. The monoisotopic (exact) mass is 255 g/mol. The van der Waals surface area contributed by atoms with Gasteiger partial charge in [0.2, 0.25) is 5.91 Å². The Morgan fingerprint density at radius 2 is 2.18 bits per heavy atom. The molecule has 5 heteroatoms. The smallest absolute Gasteiger partial charge is 0.239 e. The number of hydrogen-bond donors (Lipinski definition) is 2. The third-order valence-electron chi connectivity index (χ3n) is 2.65. The van der Waals surface area contributed by atoms with Crippen molar-refractivity contribution in [1.82, 2.24) is 5.32 Å². The Hall–Kier alpha value is -1.42. The Morgan fingerprint density at radius 1 is 1.53 bits per heavy atom.